The maximum Gasteiger partial charge on any atom is 0.249 e. The van der Waals surface area contributed by atoms with E-state index in [1.807, 2.05) is 24.0 Å². The smallest absolute Gasteiger partial charge is 0.249 e. The molecule has 0 bridgehead atoms. The molecule has 1 unspecified atom stereocenters. The number of nitrogens with one attached hydrogen (secondary N) is 5. The monoisotopic (exact) mass is 981 g/mol. The van der Waals surface area contributed by atoms with Gasteiger partial charge < -0.3 is 41.2 Å². The number of hydrogen-bond donors (Lipinski definition) is 6. The van der Waals surface area contributed by atoms with E-state index in [1.54, 1.807) is 52.3 Å². The van der Waals surface area contributed by atoms with Crippen LogP contribution in [0.5, 0.6) is 0 Å². The standard InChI is InChI=1S/C52H57F2N13O5/c1-2-51(50(71)61-38-6-4-36(53)5-7-38)15-21-65(22-16-51)44-11-3-33(29-58-44)47-48-35(28-56)31-59-67(48)32-42(62-47)34(27-55)30-57-37-13-19-66(20-14-37)46(69)26-52(72)17-23-64(24-18-52)43-10-8-39(25-40(43)54)60-41-9-12-45(68)63-49(41)70/h3-8,10-11,25,27,29-32,37,41,55,57,60,72H,2,9,12-24,26H2,1H3,(H,61,71)(H,63,68,70)/b34-30+,55-27?. The lowest BCUT2D eigenvalue weighted by Gasteiger charge is -2.40. The van der Waals surface area contributed by atoms with Crippen LogP contribution in [0.3, 0.4) is 0 Å². The summed E-state index contributed by atoms with van der Waals surface area (Å²) in [6.07, 6.45) is 12.0. The fraction of sp³-hybridized carbons (Fsp3) is 0.404. The molecule has 6 N–H and O–H groups in total. The summed E-state index contributed by atoms with van der Waals surface area (Å²) in [7, 11) is 0. The maximum atomic E-state index is 15.3. The first-order chi connectivity index (χ1) is 34.8. The SMILES string of the molecule is CCC1(C(=O)Nc2ccc(F)cc2)CCN(c2ccc(-c3nc(/C(C=N)=C/NC4CCN(C(=O)CC5(O)CCN(c6ccc(NC7CCC(=O)NC7=O)cc6F)CC5)CC4)cn4ncc(C#N)c34)cn2)CC1. The Bertz CT molecular complexity index is 2930. The molecule has 9 rings (SSSR count). The van der Waals surface area contributed by atoms with Crippen molar-refractivity contribution in [2.24, 2.45) is 5.41 Å². The predicted octanol–water partition coefficient (Wildman–Crippen LogP) is 5.79. The number of carbonyl (C=O) groups excluding carboxylic acids is 4. The van der Waals surface area contributed by atoms with Crippen molar-refractivity contribution < 1.29 is 33.1 Å². The molecule has 1 atom stereocenters. The Morgan fingerprint density at radius 2 is 1.67 bits per heavy atom. The second kappa shape index (κ2) is 20.9. The Kier molecular flexibility index (Phi) is 14.3. The molecule has 0 radical (unpaired) electrons. The zero-order chi connectivity index (χ0) is 50.6. The van der Waals surface area contributed by atoms with Crippen molar-refractivity contribution in [1.29, 1.82) is 10.7 Å². The van der Waals surface area contributed by atoms with E-state index in [-0.39, 0.29) is 55.3 Å². The average Bonchev–Trinajstić information content (AvgIpc) is 3.82. The third-order valence-electron chi connectivity index (χ3n) is 14.8. The number of imide groups is 1. The number of rotatable bonds is 14. The van der Waals surface area contributed by atoms with Gasteiger partial charge in [-0.3, -0.25) is 24.5 Å². The van der Waals surface area contributed by atoms with Crippen LogP contribution in [0.1, 0.15) is 82.4 Å². The maximum absolute atomic E-state index is 15.3. The third kappa shape index (κ3) is 10.6. The van der Waals surface area contributed by atoms with Crippen molar-refractivity contribution in [2.45, 2.75) is 88.8 Å². The number of benzene rings is 2. The van der Waals surface area contributed by atoms with Crippen LogP contribution < -0.4 is 31.1 Å². The Hall–Kier alpha value is -7.79. The Balaban J connectivity index is 0.783. The minimum absolute atomic E-state index is 0.00729. The van der Waals surface area contributed by atoms with Gasteiger partial charge in [-0.25, -0.2) is 23.3 Å². The van der Waals surface area contributed by atoms with Crippen molar-refractivity contribution in [3.8, 4) is 17.3 Å². The molecule has 0 aliphatic carbocycles. The number of fused-ring (bicyclic) bond motifs is 1. The van der Waals surface area contributed by atoms with Gasteiger partial charge in [0.25, 0.3) is 0 Å². The van der Waals surface area contributed by atoms with Gasteiger partial charge in [-0.15, -0.1) is 0 Å². The number of halogens is 2. The molecular formula is C52H57F2N13O5. The van der Waals surface area contributed by atoms with Crippen molar-refractivity contribution in [2.75, 3.05) is 59.7 Å². The highest BCUT2D eigenvalue weighted by Crippen LogP contribution is 2.38. The zero-order valence-electron chi connectivity index (χ0n) is 40.0. The van der Waals surface area contributed by atoms with E-state index in [2.05, 4.69) is 37.3 Å². The number of piperidine rings is 4. The summed E-state index contributed by atoms with van der Waals surface area (Å²) in [5.41, 5.74) is 2.40. The highest BCUT2D eigenvalue weighted by Gasteiger charge is 2.41. The number of carbonyl (C=O) groups is 4. The van der Waals surface area contributed by atoms with Crippen LogP contribution in [-0.4, -0.2) is 116 Å². The fourth-order valence-corrected chi connectivity index (χ4v) is 10.2. The highest BCUT2D eigenvalue weighted by molar-refractivity contribution is 6.07. The van der Waals surface area contributed by atoms with E-state index in [1.165, 1.54) is 30.6 Å². The van der Waals surface area contributed by atoms with Crippen molar-refractivity contribution in [1.82, 2.24) is 35.1 Å². The normalized spacial score (nSPS) is 19.3. The van der Waals surface area contributed by atoms with E-state index < -0.39 is 28.8 Å². The number of aromatic nitrogens is 4. The number of anilines is 4. The first-order valence-electron chi connectivity index (χ1n) is 24.4. The van der Waals surface area contributed by atoms with Crippen molar-refractivity contribution in [3.63, 3.8) is 0 Å². The molecule has 374 valence electrons. The summed E-state index contributed by atoms with van der Waals surface area (Å²) >= 11 is 0. The number of likely N-dealkylation sites (tertiary alicyclic amines) is 1. The van der Waals surface area contributed by atoms with Gasteiger partial charge in [-0.1, -0.05) is 6.92 Å². The van der Waals surface area contributed by atoms with Gasteiger partial charge >= 0.3 is 0 Å². The van der Waals surface area contributed by atoms with Gasteiger partial charge in [0.05, 0.1) is 46.9 Å². The Labute approximate surface area is 415 Å². The van der Waals surface area contributed by atoms with Gasteiger partial charge in [0.2, 0.25) is 23.6 Å². The Morgan fingerprint density at radius 3 is 2.32 bits per heavy atom. The van der Waals surface area contributed by atoms with Gasteiger partial charge in [0.1, 0.15) is 40.6 Å². The zero-order valence-corrected chi connectivity index (χ0v) is 40.0. The second-order valence-corrected chi connectivity index (χ2v) is 19.2. The summed E-state index contributed by atoms with van der Waals surface area (Å²) in [6.45, 7) is 4.87. The van der Waals surface area contributed by atoms with Crippen LogP contribution in [0.25, 0.3) is 22.3 Å². The molecule has 72 heavy (non-hydrogen) atoms. The van der Waals surface area contributed by atoms with E-state index in [9.17, 15) is 33.9 Å². The van der Waals surface area contributed by atoms with E-state index >= 15 is 4.39 Å². The minimum atomic E-state index is -1.23. The topological polar surface area (TPSA) is 237 Å². The number of allylic oxidation sites excluding steroid dienone is 1. The molecule has 4 saturated heterocycles. The van der Waals surface area contributed by atoms with Gasteiger partial charge in [-0.2, -0.15) is 10.4 Å². The summed E-state index contributed by atoms with van der Waals surface area (Å²) in [4.78, 5) is 66.1. The van der Waals surface area contributed by atoms with E-state index in [0.29, 0.717) is 128 Å². The molecule has 4 aliphatic heterocycles. The number of hydrogen-bond acceptors (Lipinski definition) is 14. The van der Waals surface area contributed by atoms with E-state index in [0.717, 1.165) is 5.82 Å². The summed E-state index contributed by atoms with van der Waals surface area (Å²) in [5.74, 6) is -1.10. The first-order valence-corrected chi connectivity index (χ1v) is 24.4. The van der Waals surface area contributed by atoms with Crippen LogP contribution >= 0.6 is 0 Å². The molecule has 4 aliphatic rings. The molecule has 3 aromatic heterocycles. The third-order valence-corrected chi connectivity index (χ3v) is 14.8. The molecule has 4 fully saturated rings. The Morgan fingerprint density at radius 1 is 0.944 bits per heavy atom. The predicted molar refractivity (Wildman–Crippen MR) is 267 cm³/mol. The summed E-state index contributed by atoms with van der Waals surface area (Å²) in [5, 5.41) is 45.9. The lowest BCUT2D eigenvalue weighted by atomic mass is 9.75. The molecule has 7 heterocycles. The number of pyridine rings is 1. The fourth-order valence-electron chi connectivity index (χ4n) is 10.2. The summed E-state index contributed by atoms with van der Waals surface area (Å²) in [6, 6.07) is 15.8. The van der Waals surface area contributed by atoms with Crippen LogP contribution in [0.4, 0.5) is 31.7 Å². The molecule has 20 heteroatoms. The number of nitriles is 1. The van der Waals surface area contributed by atoms with Gasteiger partial charge in [-0.05, 0) is 106 Å². The lowest BCUT2D eigenvalue weighted by molar-refractivity contribution is -0.138. The molecular weight excluding hydrogens is 925 g/mol. The number of amides is 4. The lowest BCUT2D eigenvalue weighted by Crippen LogP contribution is -2.50. The number of nitrogens with zero attached hydrogens (tertiary/aromatic N) is 8. The highest BCUT2D eigenvalue weighted by atomic mass is 19.1. The van der Waals surface area contributed by atoms with Gasteiger partial charge in [0, 0.05) is 92.9 Å². The average molecular weight is 982 g/mol. The first kappa shape index (κ1) is 49.2. The van der Waals surface area contributed by atoms with Crippen molar-refractivity contribution in [3.05, 3.63) is 102 Å². The molecule has 5 aromatic rings. The van der Waals surface area contributed by atoms with Crippen LogP contribution in [0.2, 0.25) is 0 Å². The molecule has 4 amide bonds. The van der Waals surface area contributed by atoms with Crippen LogP contribution in [0, 0.1) is 33.8 Å². The largest absolute Gasteiger partial charge is 0.389 e. The number of aliphatic hydroxyl groups is 1. The summed E-state index contributed by atoms with van der Waals surface area (Å²) < 4.78 is 30.4. The van der Waals surface area contributed by atoms with Crippen LogP contribution in [-0.2, 0) is 19.2 Å². The van der Waals surface area contributed by atoms with Crippen molar-refractivity contribution >= 4 is 63.8 Å². The minimum Gasteiger partial charge on any atom is -0.389 e. The quantitative estimate of drug-likeness (QED) is 0.0572. The molecule has 18 nitrogen and oxygen atoms in total. The molecule has 0 saturated carbocycles. The molecule has 0 spiro atoms. The van der Waals surface area contributed by atoms with Gasteiger partial charge in [0.15, 0.2) is 0 Å². The molecule has 2 aromatic carbocycles. The van der Waals surface area contributed by atoms with E-state index in [4.69, 9.17) is 15.4 Å². The second-order valence-electron chi connectivity index (χ2n) is 19.2. The van der Waals surface area contributed by atoms with Crippen LogP contribution in [0.15, 0.2) is 79.4 Å².